The molecule has 0 fully saturated rings. The lowest BCUT2D eigenvalue weighted by Crippen LogP contribution is -2.37. The summed E-state index contributed by atoms with van der Waals surface area (Å²) in [4.78, 5) is 53.3. The van der Waals surface area contributed by atoms with Crippen molar-refractivity contribution in [3.8, 4) is 0 Å². The summed E-state index contributed by atoms with van der Waals surface area (Å²) in [5, 5.41) is 12.6. The number of alkyl carbamates (subject to hydrolysis) is 2. The molecule has 52 heavy (non-hydrogen) atoms. The summed E-state index contributed by atoms with van der Waals surface area (Å²) in [6.07, 6.45) is -1.50. The van der Waals surface area contributed by atoms with Crippen LogP contribution in [-0.4, -0.2) is 24.0 Å². The number of amides is 4. The van der Waals surface area contributed by atoms with Gasteiger partial charge in [0.1, 0.15) is 25.3 Å². The molecule has 6 aromatic carbocycles. The van der Waals surface area contributed by atoms with Crippen molar-refractivity contribution in [3.05, 3.63) is 180 Å². The van der Waals surface area contributed by atoms with Crippen LogP contribution >= 0.6 is 0 Å². The van der Waals surface area contributed by atoms with E-state index in [1.54, 1.807) is 72.8 Å². The minimum atomic E-state index is -1.07. The lowest BCUT2D eigenvalue weighted by molar-refractivity contribution is -0.119. The van der Waals surface area contributed by atoms with Crippen molar-refractivity contribution in [2.75, 3.05) is 10.6 Å². The molecule has 10 heteroatoms. The topological polar surface area (TPSA) is 135 Å². The standard InChI is InChI=1S/C42H36N4O6/c47-39(37(31-19-9-3-10-20-31)45-41(49)51-27-29-15-5-1-6-16-29)43-35-25-13-24-34-33(35)23-14-26-36(34)44-40(48)38(32-21-11-4-12-22-32)46-42(50)52-28-30-17-7-2-8-18-30/h1-26,37-38H,27-28H2,(H,43,47)(H,44,48)(H,45,49)(H,46,50)/t37-,38-/m0/s1. The lowest BCUT2D eigenvalue weighted by Gasteiger charge is -2.21. The summed E-state index contributed by atoms with van der Waals surface area (Å²) in [7, 11) is 0. The first-order valence-corrected chi connectivity index (χ1v) is 16.6. The summed E-state index contributed by atoms with van der Waals surface area (Å²) in [5.41, 5.74) is 3.66. The van der Waals surface area contributed by atoms with Gasteiger partial charge in [0.15, 0.2) is 0 Å². The average Bonchev–Trinajstić information content (AvgIpc) is 3.19. The van der Waals surface area contributed by atoms with Crippen LogP contribution in [0.25, 0.3) is 10.8 Å². The van der Waals surface area contributed by atoms with Crippen LogP contribution in [0.3, 0.4) is 0 Å². The van der Waals surface area contributed by atoms with Crippen molar-refractivity contribution < 1.29 is 28.7 Å². The van der Waals surface area contributed by atoms with Gasteiger partial charge in [0.05, 0.1) is 0 Å². The zero-order valence-electron chi connectivity index (χ0n) is 28.0. The first-order valence-electron chi connectivity index (χ1n) is 16.6. The van der Waals surface area contributed by atoms with Crippen molar-refractivity contribution in [2.24, 2.45) is 0 Å². The quantitative estimate of drug-likeness (QED) is 0.103. The SMILES string of the molecule is O=C(N[C@H](C(=O)Nc1cccc2c(NC(=O)[C@@H](NC(=O)OCc3ccccc3)c3ccccc3)cccc12)c1ccccc1)OCc1ccccc1. The van der Waals surface area contributed by atoms with Gasteiger partial charge in [-0.25, -0.2) is 9.59 Å². The molecular formula is C42H36N4O6. The van der Waals surface area contributed by atoms with Crippen LogP contribution in [0.2, 0.25) is 0 Å². The van der Waals surface area contributed by atoms with Crippen molar-refractivity contribution in [1.82, 2.24) is 10.6 Å². The van der Waals surface area contributed by atoms with Crippen molar-refractivity contribution in [3.63, 3.8) is 0 Å². The smallest absolute Gasteiger partial charge is 0.408 e. The van der Waals surface area contributed by atoms with E-state index in [0.29, 0.717) is 33.3 Å². The summed E-state index contributed by atoms with van der Waals surface area (Å²) >= 11 is 0. The molecule has 6 rings (SSSR count). The molecule has 0 aliphatic heterocycles. The van der Waals surface area contributed by atoms with Gasteiger partial charge in [-0.05, 0) is 34.4 Å². The first-order chi connectivity index (χ1) is 25.4. The molecule has 0 heterocycles. The number of rotatable bonds is 12. The highest BCUT2D eigenvalue weighted by atomic mass is 16.6. The Labute approximate surface area is 300 Å². The Morgan fingerprint density at radius 1 is 0.423 bits per heavy atom. The zero-order chi connectivity index (χ0) is 36.1. The van der Waals surface area contributed by atoms with Gasteiger partial charge in [0.25, 0.3) is 11.8 Å². The van der Waals surface area contributed by atoms with E-state index in [4.69, 9.17) is 9.47 Å². The second-order valence-corrected chi connectivity index (χ2v) is 11.8. The number of nitrogens with one attached hydrogen (secondary N) is 4. The number of carbonyl (C=O) groups excluding carboxylic acids is 4. The fraction of sp³-hybridized carbons (Fsp3) is 0.0952. The van der Waals surface area contributed by atoms with Crippen LogP contribution in [0, 0.1) is 0 Å². The van der Waals surface area contributed by atoms with E-state index in [-0.39, 0.29) is 13.2 Å². The van der Waals surface area contributed by atoms with E-state index in [1.165, 1.54) is 0 Å². The number of benzene rings is 6. The molecule has 2 atom stereocenters. The van der Waals surface area contributed by atoms with E-state index >= 15 is 0 Å². The molecule has 0 saturated heterocycles. The van der Waals surface area contributed by atoms with Crippen molar-refractivity contribution >= 4 is 46.1 Å². The van der Waals surface area contributed by atoms with Gasteiger partial charge in [-0.1, -0.05) is 146 Å². The Kier molecular flexibility index (Phi) is 11.5. The fourth-order valence-corrected chi connectivity index (χ4v) is 5.59. The highest BCUT2D eigenvalue weighted by Gasteiger charge is 2.26. The minimum Gasteiger partial charge on any atom is -0.445 e. The predicted molar refractivity (Wildman–Crippen MR) is 199 cm³/mol. The summed E-state index contributed by atoms with van der Waals surface area (Å²) in [5.74, 6) is -0.987. The highest BCUT2D eigenvalue weighted by molar-refractivity contribution is 6.10. The Balaban J connectivity index is 1.19. The first kappa shape index (κ1) is 34.9. The number of hydrogen-bond donors (Lipinski definition) is 4. The third-order valence-electron chi connectivity index (χ3n) is 8.18. The maximum Gasteiger partial charge on any atom is 0.408 e. The Morgan fingerprint density at radius 2 is 0.769 bits per heavy atom. The molecule has 10 nitrogen and oxygen atoms in total. The third kappa shape index (κ3) is 9.19. The molecular weight excluding hydrogens is 656 g/mol. The number of ether oxygens (including phenoxy) is 2. The van der Waals surface area contributed by atoms with Gasteiger partial charge in [-0.2, -0.15) is 0 Å². The maximum atomic E-state index is 13.8. The number of carbonyl (C=O) groups is 4. The predicted octanol–water partition coefficient (Wildman–Crippen LogP) is 8.05. The molecule has 0 aromatic heterocycles. The number of hydrogen-bond acceptors (Lipinski definition) is 6. The van der Waals surface area contributed by atoms with Crippen LogP contribution in [0.15, 0.2) is 158 Å². The Bertz CT molecular complexity index is 1980. The van der Waals surface area contributed by atoms with Crippen LogP contribution < -0.4 is 21.3 Å². The average molecular weight is 693 g/mol. The van der Waals surface area contributed by atoms with E-state index in [0.717, 1.165) is 11.1 Å². The van der Waals surface area contributed by atoms with Gasteiger partial charge in [0.2, 0.25) is 0 Å². The molecule has 0 unspecified atom stereocenters. The second-order valence-electron chi connectivity index (χ2n) is 11.8. The van der Waals surface area contributed by atoms with Crippen LogP contribution in [0.5, 0.6) is 0 Å². The molecule has 0 aliphatic carbocycles. The van der Waals surface area contributed by atoms with Gasteiger partial charge in [-0.15, -0.1) is 0 Å². The Morgan fingerprint density at radius 3 is 1.13 bits per heavy atom. The Hall–Kier alpha value is -6.94. The third-order valence-corrected chi connectivity index (χ3v) is 8.18. The fourth-order valence-electron chi connectivity index (χ4n) is 5.59. The molecule has 6 aromatic rings. The maximum absolute atomic E-state index is 13.8. The van der Waals surface area contributed by atoms with Crippen molar-refractivity contribution in [2.45, 2.75) is 25.3 Å². The van der Waals surface area contributed by atoms with Gasteiger partial charge in [-0.3, -0.25) is 9.59 Å². The molecule has 0 bridgehead atoms. The van der Waals surface area contributed by atoms with Gasteiger partial charge >= 0.3 is 12.2 Å². The van der Waals surface area contributed by atoms with Gasteiger partial charge < -0.3 is 30.7 Å². The molecule has 260 valence electrons. The normalized spacial score (nSPS) is 11.8. The van der Waals surface area contributed by atoms with Crippen LogP contribution in [0.1, 0.15) is 34.3 Å². The van der Waals surface area contributed by atoms with E-state index in [1.807, 2.05) is 84.9 Å². The number of fused-ring (bicyclic) bond motifs is 1. The second kappa shape index (κ2) is 17.1. The summed E-state index contributed by atoms with van der Waals surface area (Å²) in [6.45, 7) is 0.0896. The molecule has 0 radical (unpaired) electrons. The highest BCUT2D eigenvalue weighted by Crippen LogP contribution is 2.31. The van der Waals surface area contributed by atoms with Crippen LogP contribution in [0.4, 0.5) is 21.0 Å². The van der Waals surface area contributed by atoms with E-state index < -0.39 is 36.1 Å². The van der Waals surface area contributed by atoms with Gasteiger partial charge in [0, 0.05) is 22.1 Å². The summed E-state index contributed by atoms with van der Waals surface area (Å²) in [6, 6.07) is 44.7. The lowest BCUT2D eigenvalue weighted by atomic mass is 10.0. The summed E-state index contributed by atoms with van der Waals surface area (Å²) < 4.78 is 10.8. The van der Waals surface area contributed by atoms with Crippen LogP contribution in [-0.2, 0) is 32.3 Å². The van der Waals surface area contributed by atoms with E-state index in [9.17, 15) is 19.2 Å². The number of anilines is 2. The van der Waals surface area contributed by atoms with Crippen molar-refractivity contribution in [1.29, 1.82) is 0 Å². The molecule has 4 N–H and O–H groups in total. The molecule has 0 spiro atoms. The molecule has 0 aliphatic rings. The van der Waals surface area contributed by atoms with E-state index in [2.05, 4.69) is 21.3 Å². The molecule has 4 amide bonds. The zero-order valence-corrected chi connectivity index (χ0v) is 28.0. The largest absolute Gasteiger partial charge is 0.445 e. The minimum absolute atomic E-state index is 0.0448. The molecule has 0 saturated carbocycles. The monoisotopic (exact) mass is 692 g/mol.